The van der Waals surface area contributed by atoms with Gasteiger partial charge in [-0.25, -0.2) is 0 Å². The number of ether oxygens (including phenoxy) is 2. The molecule has 0 fully saturated rings. The minimum atomic E-state index is -0.249. The molecule has 3 rings (SSSR count). The van der Waals surface area contributed by atoms with E-state index in [9.17, 15) is 9.59 Å². The molecule has 4 nitrogen and oxygen atoms in total. The quantitative estimate of drug-likeness (QED) is 0.478. The first-order valence-corrected chi connectivity index (χ1v) is 7.47. The lowest BCUT2D eigenvalue weighted by atomic mass is 10.1. The molecular formula is C20H16O4. The molecule has 0 spiro atoms. The van der Waals surface area contributed by atoms with Gasteiger partial charge in [0.15, 0.2) is 23.1 Å². The lowest BCUT2D eigenvalue weighted by Gasteiger charge is -2.10. The topological polar surface area (TPSA) is 52.6 Å². The number of hydrogen-bond donors (Lipinski definition) is 0. The fraction of sp³-hybridized carbons (Fsp3) is 0.100. The summed E-state index contributed by atoms with van der Waals surface area (Å²) in [5.41, 5.74) is 1.76. The van der Waals surface area contributed by atoms with E-state index in [0.717, 1.165) is 0 Å². The Bertz CT molecular complexity index is 825. The van der Waals surface area contributed by atoms with Crippen molar-refractivity contribution in [3.63, 3.8) is 0 Å². The highest BCUT2D eigenvalue weighted by atomic mass is 16.5. The second kappa shape index (κ2) is 6.54. The van der Waals surface area contributed by atoms with Crippen LogP contribution in [-0.2, 0) is 0 Å². The van der Waals surface area contributed by atoms with Gasteiger partial charge in [-0.1, -0.05) is 43.0 Å². The Hall–Kier alpha value is -3.14. The van der Waals surface area contributed by atoms with Crippen LogP contribution in [0.1, 0.15) is 26.3 Å². The highest BCUT2D eigenvalue weighted by molar-refractivity contribution is 6.41. The molecule has 2 aromatic rings. The number of fused-ring (bicyclic) bond motifs is 1. The molecule has 0 aromatic heterocycles. The third kappa shape index (κ3) is 2.74. The van der Waals surface area contributed by atoms with Crippen molar-refractivity contribution in [3.05, 3.63) is 77.4 Å². The number of methoxy groups -OCH3 is 1. The van der Waals surface area contributed by atoms with Crippen molar-refractivity contribution in [2.75, 3.05) is 13.7 Å². The SMILES string of the molecule is C=CCOc1ccc(C=C2C(=O)c3ccccc3C2=O)cc1OC. The number of benzene rings is 2. The molecule has 0 radical (unpaired) electrons. The molecule has 1 aliphatic rings. The van der Waals surface area contributed by atoms with Crippen LogP contribution >= 0.6 is 0 Å². The number of rotatable bonds is 5. The molecule has 4 heteroatoms. The molecule has 0 amide bonds. The number of allylic oxidation sites excluding steroid dienone is 1. The average molecular weight is 320 g/mol. The normalized spacial score (nSPS) is 12.8. The molecule has 120 valence electrons. The lowest BCUT2D eigenvalue weighted by Crippen LogP contribution is -2.00. The van der Waals surface area contributed by atoms with Gasteiger partial charge >= 0.3 is 0 Å². The van der Waals surface area contributed by atoms with Crippen LogP contribution in [0.15, 0.2) is 60.7 Å². The van der Waals surface area contributed by atoms with E-state index in [4.69, 9.17) is 9.47 Å². The third-order valence-corrected chi connectivity index (χ3v) is 3.76. The Labute approximate surface area is 140 Å². The van der Waals surface area contributed by atoms with Gasteiger partial charge < -0.3 is 9.47 Å². The molecular weight excluding hydrogens is 304 g/mol. The summed E-state index contributed by atoms with van der Waals surface area (Å²) in [4.78, 5) is 24.8. The predicted molar refractivity (Wildman–Crippen MR) is 91.8 cm³/mol. The number of hydrogen-bond acceptors (Lipinski definition) is 4. The lowest BCUT2D eigenvalue weighted by molar-refractivity contribution is 0.0990. The monoisotopic (exact) mass is 320 g/mol. The Kier molecular flexibility index (Phi) is 4.29. The summed E-state index contributed by atoms with van der Waals surface area (Å²) >= 11 is 0. The summed E-state index contributed by atoms with van der Waals surface area (Å²) < 4.78 is 10.8. The van der Waals surface area contributed by atoms with Crippen molar-refractivity contribution in [2.45, 2.75) is 0 Å². The summed E-state index contributed by atoms with van der Waals surface area (Å²) in [6.07, 6.45) is 3.23. The fourth-order valence-electron chi connectivity index (χ4n) is 2.61. The standard InChI is InChI=1S/C20H16O4/c1-3-10-24-17-9-8-13(12-18(17)23-2)11-16-19(21)14-6-4-5-7-15(14)20(16)22/h3-9,11-12H,1,10H2,2H3. The van der Waals surface area contributed by atoms with Gasteiger partial charge in [0.05, 0.1) is 12.7 Å². The maximum Gasteiger partial charge on any atom is 0.197 e. The predicted octanol–water partition coefficient (Wildman–Crippen LogP) is 3.72. The summed E-state index contributed by atoms with van der Waals surface area (Å²) in [5, 5.41) is 0. The van der Waals surface area contributed by atoms with Crippen molar-refractivity contribution >= 4 is 17.6 Å². The number of Topliss-reactive ketones (excluding diaryl/α,β-unsaturated/α-hetero) is 2. The maximum atomic E-state index is 12.4. The van der Waals surface area contributed by atoms with E-state index in [1.807, 2.05) is 0 Å². The second-order valence-electron chi connectivity index (χ2n) is 5.27. The molecule has 0 aliphatic heterocycles. The first kappa shape index (κ1) is 15.7. The van der Waals surface area contributed by atoms with Gasteiger partial charge in [-0.2, -0.15) is 0 Å². The number of carbonyl (C=O) groups excluding carboxylic acids is 2. The summed E-state index contributed by atoms with van der Waals surface area (Å²) in [6.45, 7) is 3.97. The van der Waals surface area contributed by atoms with Gasteiger partial charge in [-0.05, 0) is 23.8 Å². The largest absolute Gasteiger partial charge is 0.493 e. The van der Waals surface area contributed by atoms with Gasteiger partial charge in [-0.15, -0.1) is 0 Å². The van der Waals surface area contributed by atoms with E-state index in [0.29, 0.717) is 34.8 Å². The molecule has 2 aromatic carbocycles. The van der Waals surface area contributed by atoms with Crippen molar-refractivity contribution in [3.8, 4) is 11.5 Å². The highest BCUT2D eigenvalue weighted by Gasteiger charge is 2.32. The smallest absolute Gasteiger partial charge is 0.197 e. The van der Waals surface area contributed by atoms with Crippen molar-refractivity contribution in [1.29, 1.82) is 0 Å². The first-order valence-electron chi connectivity index (χ1n) is 7.47. The maximum absolute atomic E-state index is 12.4. The van der Waals surface area contributed by atoms with Gasteiger partial charge in [0, 0.05) is 11.1 Å². The van der Waals surface area contributed by atoms with Crippen LogP contribution < -0.4 is 9.47 Å². The van der Waals surface area contributed by atoms with Crippen LogP contribution in [-0.4, -0.2) is 25.3 Å². The molecule has 24 heavy (non-hydrogen) atoms. The molecule has 0 heterocycles. The minimum Gasteiger partial charge on any atom is -0.493 e. The van der Waals surface area contributed by atoms with E-state index >= 15 is 0 Å². The van der Waals surface area contributed by atoms with Crippen LogP contribution in [0.3, 0.4) is 0 Å². The molecule has 0 saturated carbocycles. The van der Waals surface area contributed by atoms with Crippen LogP contribution in [0.4, 0.5) is 0 Å². The van der Waals surface area contributed by atoms with Gasteiger partial charge in [0.25, 0.3) is 0 Å². The van der Waals surface area contributed by atoms with Crippen LogP contribution in [0, 0.1) is 0 Å². The van der Waals surface area contributed by atoms with Crippen molar-refractivity contribution in [2.24, 2.45) is 0 Å². The van der Waals surface area contributed by atoms with Crippen LogP contribution in [0.25, 0.3) is 6.08 Å². The van der Waals surface area contributed by atoms with E-state index < -0.39 is 0 Å². The van der Waals surface area contributed by atoms with Gasteiger partial charge in [0.1, 0.15) is 6.61 Å². The zero-order valence-electron chi connectivity index (χ0n) is 13.2. The first-order chi connectivity index (χ1) is 11.7. The molecule has 0 atom stereocenters. The second-order valence-corrected chi connectivity index (χ2v) is 5.27. The van der Waals surface area contributed by atoms with Gasteiger partial charge in [-0.3, -0.25) is 9.59 Å². The molecule has 0 saturated heterocycles. The van der Waals surface area contributed by atoms with E-state index in [2.05, 4.69) is 6.58 Å². The number of carbonyl (C=O) groups is 2. The average Bonchev–Trinajstić information content (AvgIpc) is 2.86. The zero-order valence-corrected chi connectivity index (χ0v) is 13.2. The highest BCUT2D eigenvalue weighted by Crippen LogP contribution is 2.31. The van der Waals surface area contributed by atoms with E-state index in [1.54, 1.807) is 54.6 Å². The Morgan fingerprint density at radius 2 is 1.67 bits per heavy atom. The zero-order chi connectivity index (χ0) is 17.1. The third-order valence-electron chi connectivity index (χ3n) is 3.76. The Balaban J connectivity index is 1.96. The molecule has 0 bridgehead atoms. The Morgan fingerprint density at radius 3 is 2.25 bits per heavy atom. The van der Waals surface area contributed by atoms with Gasteiger partial charge in [0.2, 0.25) is 0 Å². The van der Waals surface area contributed by atoms with Crippen molar-refractivity contribution in [1.82, 2.24) is 0 Å². The number of ketones is 2. The van der Waals surface area contributed by atoms with E-state index in [-0.39, 0.29) is 17.1 Å². The summed E-state index contributed by atoms with van der Waals surface area (Å²) in [5.74, 6) is 0.608. The van der Waals surface area contributed by atoms with E-state index in [1.165, 1.54) is 7.11 Å². The van der Waals surface area contributed by atoms with Crippen LogP contribution in [0.5, 0.6) is 11.5 Å². The Morgan fingerprint density at radius 1 is 1.00 bits per heavy atom. The summed E-state index contributed by atoms with van der Waals surface area (Å²) in [7, 11) is 1.54. The minimum absolute atomic E-state index is 0.165. The van der Waals surface area contributed by atoms with Crippen molar-refractivity contribution < 1.29 is 19.1 Å². The molecule has 0 N–H and O–H groups in total. The molecule has 1 aliphatic carbocycles. The van der Waals surface area contributed by atoms with Crippen LogP contribution in [0.2, 0.25) is 0 Å². The summed E-state index contributed by atoms with van der Waals surface area (Å²) in [6, 6.07) is 12.1. The fourth-order valence-corrected chi connectivity index (χ4v) is 2.61. The molecule has 0 unspecified atom stereocenters.